The van der Waals surface area contributed by atoms with Crippen LogP contribution in [0.1, 0.15) is 50.7 Å². The number of likely N-dealkylation sites (N-methyl/N-ethyl adjacent to an activating group) is 1. The lowest BCUT2D eigenvalue weighted by atomic mass is 9.73. The first-order chi connectivity index (χ1) is 9.60. The largest absolute Gasteiger partial charge is 0.316 e. The molecule has 2 rings (SSSR count). The van der Waals surface area contributed by atoms with Gasteiger partial charge in [-0.2, -0.15) is 0 Å². The lowest BCUT2D eigenvalue weighted by molar-refractivity contribution is 0.191. The summed E-state index contributed by atoms with van der Waals surface area (Å²) >= 11 is 0. The van der Waals surface area contributed by atoms with Crippen LogP contribution in [0.15, 0.2) is 24.3 Å². The van der Waals surface area contributed by atoms with Crippen LogP contribution < -0.4 is 5.32 Å². The highest BCUT2D eigenvalue weighted by Gasteiger charge is 2.28. The van der Waals surface area contributed by atoms with Crippen LogP contribution in [0.5, 0.6) is 0 Å². The second-order valence-corrected chi connectivity index (χ2v) is 7.00. The number of hydrogen-bond acceptors (Lipinski definition) is 1. The summed E-state index contributed by atoms with van der Waals surface area (Å²) in [5, 5.41) is 3.58. The van der Waals surface area contributed by atoms with Gasteiger partial charge in [0.05, 0.1) is 0 Å². The van der Waals surface area contributed by atoms with Crippen molar-refractivity contribution in [2.45, 2.75) is 58.9 Å². The van der Waals surface area contributed by atoms with E-state index in [1.165, 1.54) is 43.2 Å². The molecule has 20 heavy (non-hydrogen) atoms. The molecule has 0 bridgehead atoms. The van der Waals surface area contributed by atoms with Crippen molar-refractivity contribution in [2.75, 3.05) is 7.05 Å². The van der Waals surface area contributed by atoms with Crippen molar-refractivity contribution in [1.29, 1.82) is 0 Å². The molecule has 0 radical (unpaired) electrons. The van der Waals surface area contributed by atoms with Crippen LogP contribution in [-0.4, -0.2) is 13.1 Å². The van der Waals surface area contributed by atoms with Crippen LogP contribution in [0, 0.1) is 24.7 Å². The smallest absolute Gasteiger partial charge is 0.0133 e. The van der Waals surface area contributed by atoms with Gasteiger partial charge in [-0.05, 0) is 69.4 Å². The Balaban J connectivity index is 1.91. The van der Waals surface area contributed by atoms with Crippen LogP contribution in [0.25, 0.3) is 0 Å². The molecule has 1 N–H and O–H groups in total. The maximum atomic E-state index is 3.58. The molecule has 0 heterocycles. The highest BCUT2D eigenvalue weighted by atomic mass is 14.9. The van der Waals surface area contributed by atoms with Crippen molar-refractivity contribution in [3.05, 3.63) is 35.4 Å². The molecule has 0 aliphatic heterocycles. The van der Waals surface area contributed by atoms with Crippen molar-refractivity contribution in [3.8, 4) is 0 Å². The summed E-state index contributed by atoms with van der Waals surface area (Å²) in [6.45, 7) is 6.92. The van der Waals surface area contributed by atoms with Crippen molar-refractivity contribution in [1.82, 2.24) is 5.32 Å². The number of benzene rings is 1. The molecule has 1 unspecified atom stereocenters. The first-order valence-electron chi connectivity index (χ1n) is 8.33. The van der Waals surface area contributed by atoms with Crippen LogP contribution in [0.4, 0.5) is 0 Å². The zero-order valence-corrected chi connectivity index (χ0v) is 13.7. The maximum absolute atomic E-state index is 3.58. The third kappa shape index (κ3) is 4.09. The molecule has 0 aromatic heterocycles. The van der Waals surface area contributed by atoms with Crippen molar-refractivity contribution >= 4 is 0 Å². The molecule has 0 saturated heterocycles. The molecule has 1 aliphatic rings. The molecule has 1 atom stereocenters. The van der Waals surface area contributed by atoms with Crippen LogP contribution in [0.2, 0.25) is 0 Å². The van der Waals surface area contributed by atoms with E-state index in [0.29, 0.717) is 6.04 Å². The van der Waals surface area contributed by atoms with E-state index in [-0.39, 0.29) is 0 Å². The summed E-state index contributed by atoms with van der Waals surface area (Å²) in [7, 11) is 2.13. The van der Waals surface area contributed by atoms with E-state index in [9.17, 15) is 0 Å². The Kier molecular flexibility index (Phi) is 5.65. The van der Waals surface area contributed by atoms with Crippen LogP contribution in [-0.2, 0) is 6.42 Å². The Morgan fingerprint density at radius 2 is 1.55 bits per heavy atom. The molecule has 1 aromatic rings. The monoisotopic (exact) mass is 273 g/mol. The zero-order chi connectivity index (χ0) is 14.5. The summed E-state index contributed by atoms with van der Waals surface area (Å²) in [5.41, 5.74) is 2.83. The second kappa shape index (κ2) is 7.26. The molecule has 0 spiro atoms. The lowest BCUT2D eigenvalue weighted by Crippen LogP contribution is -2.38. The minimum absolute atomic E-state index is 0.644. The van der Waals surface area contributed by atoms with Gasteiger partial charge in [-0.25, -0.2) is 0 Å². The van der Waals surface area contributed by atoms with Gasteiger partial charge in [0.25, 0.3) is 0 Å². The summed E-state index contributed by atoms with van der Waals surface area (Å²) in [6.07, 6.45) is 6.83. The van der Waals surface area contributed by atoms with E-state index >= 15 is 0 Å². The average molecular weight is 273 g/mol. The topological polar surface area (TPSA) is 12.0 Å². The molecule has 1 aromatic carbocycles. The Hall–Kier alpha value is -0.820. The maximum Gasteiger partial charge on any atom is 0.0133 e. The van der Waals surface area contributed by atoms with Gasteiger partial charge in [0.2, 0.25) is 0 Å². The highest BCUT2D eigenvalue weighted by molar-refractivity contribution is 5.22. The van der Waals surface area contributed by atoms with Gasteiger partial charge >= 0.3 is 0 Å². The van der Waals surface area contributed by atoms with Gasteiger partial charge < -0.3 is 5.32 Å². The minimum Gasteiger partial charge on any atom is -0.316 e. The van der Waals surface area contributed by atoms with Gasteiger partial charge in [0, 0.05) is 6.04 Å². The Morgan fingerprint density at radius 3 is 2.05 bits per heavy atom. The molecular formula is C19H31N. The molecule has 0 amide bonds. The normalized spacial score (nSPS) is 24.9. The molecule has 112 valence electrons. The van der Waals surface area contributed by atoms with E-state index in [1.54, 1.807) is 0 Å². The fraction of sp³-hybridized carbons (Fsp3) is 0.684. The number of aryl methyl sites for hydroxylation is 1. The quantitative estimate of drug-likeness (QED) is 0.827. The first kappa shape index (κ1) is 15.6. The minimum atomic E-state index is 0.644. The van der Waals surface area contributed by atoms with E-state index < -0.39 is 0 Å². The predicted molar refractivity (Wildman–Crippen MR) is 88.0 cm³/mol. The highest BCUT2D eigenvalue weighted by Crippen LogP contribution is 2.35. The Morgan fingerprint density at radius 1 is 1.00 bits per heavy atom. The van der Waals surface area contributed by atoms with Gasteiger partial charge in [-0.1, -0.05) is 43.7 Å². The van der Waals surface area contributed by atoms with Gasteiger partial charge in [0.1, 0.15) is 0 Å². The third-order valence-corrected chi connectivity index (χ3v) is 5.28. The second-order valence-electron chi connectivity index (χ2n) is 7.00. The molecule has 1 saturated carbocycles. The molecule has 1 fully saturated rings. The van der Waals surface area contributed by atoms with E-state index in [1.807, 2.05) is 0 Å². The van der Waals surface area contributed by atoms with E-state index in [0.717, 1.165) is 17.8 Å². The Labute approximate surface area is 125 Å². The predicted octanol–water partition coefficient (Wildman–Crippen LogP) is 4.59. The number of nitrogens with one attached hydrogen (secondary N) is 1. The summed E-state index contributed by atoms with van der Waals surface area (Å²) in [5.74, 6) is 2.68. The van der Waals surface area contributed by atoms with Crippen molar-refractivity contribution < 1.29 is 0 Å². The third-order valence-electron chi connectivity index (χ3n) is 5.28. The summed E-state index contributed by atoms with van der Waals surface area (Å²) in [6, 6.07) is 9.69. The van der Waals surface area contributed by atoms with E-state index in [4.69, 9.17) is 0 Å². The van der Waals surface area contributed by atoms with Gasteiger partial charge in [-0.15, -0.1) is 0 Å². The van der Waals surface area contributed by atoms with Crippen molar-refractivity contribution in [3.63, 3.8) is 0 Å². The fourth-order valence-corrected chi connectivity index (χ4v) is 3.70. The summed E-state index contributed by atoms with van der Waals surface area (Å²) < 4.78 is 0. The number of rotatable bonds is 5. The van der Waals surface area contributed by atoms with Crippen LogP contribution in [0.3, 0.4) is 0 Å². The average Bonchev–Trinajstić information content (AvgIpc) is 2.47. The zero-order valence-electron chi connectivity index (χ0n) is 13.7. The first-order valence-corrected chi connectivity index (χ1v) is 8.33. The van der Waals surface area contributed by atoms with Gasteiger partial charge in [0.15, 0.2) is 0 Å². The summed E-state index contributed by atoms with van der Waals surface area (Å²) in [4.78, 5) is 0. The van der Waals surface area contributed by atoms with Crippen molar-refractivity contribution in [2.24, 2.45) is 17.8 Å². The van der Waals surface area contributed by atoms with E-state index in [2.05, 4.69) is 57.4 Å². The molecule has 1 heteroatoms. The van der Waals surface area contributed by atoms with Crippen LogP contribution >= 0.6 is 0 Å². The van der Waals surface area contributed by atoms with Gasteiger partial charge in [-0.3, -0.25) is 0 Å². The Bertz CT molecular complexity index is 385. The molecule has 1 aliphatic carbocycles. The standard InChI is InChI=1S/C19H31N/c1-14(2)17-9-11-18(12-10-17)19(20-4)13-16-7-5-15(3)6-8-16/h5-8,14,17-20H,9-13H2,1-4H3. The SMILES string of the molecule is CNC(Cc1ccc(C)cc1)C1CCC(C(C)C)CC1. The molecular weight excluding hydrogens is 242 g/mol. The molecule has 1 nitrogen and oxygen atoms in total. The number of hydrogen-bond donors (Lipinski definition) is 1. The lowest BCUT2D eigenvalue weighted by Gasteiger charge is -2.35. The fourth-order valence-electron chi connectivity index (χ4n) is 3.70.